The fourth-order valence-corrected chi connectivity index (χ4v) is 5.36. The molecule has 2 heterocycles. The standard InChI is InChI=1S/C30H28N2O3S/c1-6-34-28-20(5)29-23(24(16-35-29)21-10-7-17(2)8-11-21)15-22(28)19(4)14-27(33)32-30-31-25-12-9-18(3)13-26(25)36-30/h7-16H,6H2,1-5H3,(H,31,32,33)/b19-14+. The summed E-state index contributed by atoms with van der Waals surface area (Å²) in [5.41, 5.74) is 8.72. The van der Waals surface area contributed by atoms with Crippen molar-refractivity contribution in [2.75, 3.05) is 11.9 Å². The summed E-state index contributed by atoms with van der Waals surface area (Å²) in [4.78, 5) is 17.5. The zero-order valence-electron chi connectivity index (χ0n) is 21.1. The van der Waals surface area contributed by atoms with Crippen LogP contribution in [0.5, 0.6) is 5.75 Å². The highest BCUT2D eigenvalue weighted by Gasteiger charge is 2.19. The third kappa shape index (κ3) is 4.52. The first kappa shape index (κ1) is 23.8. The summed E-state index contributed by atoms with van der Waals surface area (Å²) < 4.78 is 13.1. The SMILES string of the molecule is CCOc1c(/C(C)=C/C(=O)Nc2nc3ccc(C)cc3s2)cc2c(-c3ccc(C)cc3)coc2c1C. The Balaban J connectivity index is 1.53. The van der Waals surface area contributed by atoms with Crippen molar-refractivity contribution in [3.63, 3.8) is 0 Å². The number of allylic oxidation sites excluding steroid dienone is 1. The Kier molecular flexibility index (Phi) is 6.37. The van der Waals surface area contributed by atoms with E-state index in [2.05, 4.69) is 53.6 Å². The first-order valence-electron chi connectivity index (χ1n) is 12.0. The predicted molar refractivity (Wildman–Crippen MR) is 149 cm³/mol. The molecule has 0 atom stereocenters. The largest absolute Gasteiger partial charge is 0.493 e. The summed E-state index contributed by atoms with van der Waals surface area (Å²) >= 11 is 1.47. The molecule has 0 fully saturated rings. The lowest BCUT2D eigenvalue weighted by Gasteiger charge is -2.15. The Bertz CT molecular complexity index is 1620. The zero-order chi connectivity index (χ0) is 25.4. The molecule has 0 aliphatic carbocycles. The molecule has 1 N–H and O–H groups in total. The van der Waals surface area contributed by atoms with E-state index in [-0.39, 0.29) is 5.91 Å². The quantitative estimate of drug-likeness (QED) is 0.241. The maximum absolute atomic E-state index is 12.9. The van der Waals surface area contributed by atoms with E-state index >= 15 is 0 Å². The fourth-order valence-electron chi connectivity index (χ4n) is 4.40. The molecule has 3 aromatic carbocycles. The van der Waals surface area contributed by atoms with Gasteiger partial charge in [-0.3, -0.25) is 10.1 Å². The minimum atomic E-state index is -0.227. The molecule has 6 heteroatoms. The summed E-state index contributed by atoms with van der Waals surface area (Å²) in [5.74, 6) is 0.501. The van der Waals surface area contributed by atoms with Crippen molar-refractivity contribution >= 4 is 49.1 Å². The van der Waals surface area contributed by atoms with Gasteiger partial charge < -0.3 is 9.15 Å². The lowest BCUT2D eigenvalue weighted by atomic mass is 9.96. The maximum Gasteiger partial charge on any atom is 0.250 e. The van der Waals surface area contributed by atoms with Gasteiger partial charge in [-0.25, -0.2) is 4.98 Å². The average Bonchev–Trinajstić information content (AvgIpc) is 3.44. The molecule has 2 aromatic heterocycles. The van der Waals surface area contributed by atoms with Crippen molar-refractivity contribution in [1.29, 1.82) is 0 Å². The molecule has 0 saturated heterocycles. The number of carbonyl (C=O) groups excluding carboxylic acids is 1. The molecule has 0 bridgehead atoms. The minimum absolute atomic E-state index is 0.227. The zero-order valence-corrected chi connectivity index (χ0v) is 21.9. The van der Waals surface area contributed by atoms with Crippen LogP contribution < -0.4 is 10.1 Å². The third-order valence-electron chi connectivity index (χ3n) is 6.24. The van der Waals surface area contributed by atoms with Gasteiger partial charge >= 0.3 is 0 Å². The number of thiazole rings is 1. The third-order valence-corrected chi connectivity index (χ3v) is 7.18. The van der Waals surface area contributed by atoms with Crippen LogP contribution in [-0.4, -0.2) is 17.5 Å². The first-order valence-corrected chi connectivity index (χ1v) is 12.8. The lowest BCUT2D eigenvalue weighted by Crippen LogP contribution is -2.08. The second-order valence-corrected chi connectivity index (χ2v) is 10.0. The molecule has 0 saturated carbocycles. The van der Waals surface area contributed by atoms with Gasteiger partial charge in [-0.05, 0) is 69.5 Å². The molecular formula is C30H28N2O3S. The summed E-state index contributed by atoms with van der Waals surface area (Å²) in [6, 6.07) is 16.5. The molecule has 0 aliphatic rings. The summed E-state index contributed by atoms with van der Waals surface area (Å²) in [7, 11) is 0. The van der Waals surface area contributed by atoms with E-state index in [1.54, 1.807) is 12.3 Å². The number of aryl methyl sites for hydroxylation is 3. The molecule has 182 valence electrons. The van der Waals surface area contributed by atoms with Crippen LogP contribution in [0.4, 0.5) is 5.13 Å². The minimum Gasteiger partial charge on any atom is -0.493 e. The average molecular weight is 497 g/mol. The van der Waals surface area contributed by atoms with E-state index in [0.717, 1.165) is 54.8 Å². The van der Waals surface area contributed by atoms with Crippen molar-refractivity contribution in [2.24, 2.45) is 0 Å². The number of rotatable bonds is 6. The number of nitrogens with one attached hydrogen (secondary N) is 1. The number of aromatic nitrogens is 1. The van der Waals surface area contributed by atoms with Gasteiger partial charge in [-0.15, -0.1) is 0 Å². The number of hydrogen-bond donors (Lipinski definition) is 1. The highest BCUT2D eigenvalue weighted by Crippen LogP contribution is 2.41. The van der Waals surface area contributed by atoms with Crippen LogP contribution in [0.2, 0.25) is 0 Å². The van der Waals surface area contributed by atoms with Gasteiger partial charge in [-0.2, -0.15) is 0 Å². The van der Waals surface area contributed by atoms with E-state index in [4.69, 9.17) is 9.15 Å². The van der Waals surface area contributed by atoms with Gasteiger partial charge in [-0.1, -0.05) is 47.2 Å². The number of ether oxygens (including phenoxy) is 1. The lowest BCUT2D eigenvalue weighted by molar-refractivity contribution is -0.111. The summed E-state index contributed by atoms with van der Waals surface area (Å²) in [6.07, 6.45) is 3.40. The van der Waals surface area contributed by atoms with E-state index in [1.165, 1.54) is 22.5 Å². The molecule has 0 spiro atoms. The number of fused-ring (bicyclic) bond motifs is 2. The normalized spacial score (nSPS) is 11.9. The van der Waals surface area contributed by atoms with Crippen molar-refractivity contribution < 1.29 is 13.9 Å². The molecule has 5 aromatic rings. The molecule has 1 amide bonds. The Morgan fingerprint density at radius 3 is 2.58 bits per heavy atom. The Hall–Kier alpha value is -3.90. The molecule has 0 aliphatic heterocycles. The molecular weight excluding hydrogens is 468 g/mol. The number of benzene rings is 3. The van der Waals surface area contributed by atoms with Gasteiger partial charge in [0.15, 0.2) is 5.13 Å². The van der Waals surface area contributed by atoms with Gasteiger partial charge in [0.2, 0.25) is 5.91 Å². The van der Waals surface area contributed by atoms with Crippen LogP contribution in [0.3, 0.4) is 0 Å². The predicted octanol–water partition coefficient (Wildman–Crippen LogP) is 8.08. The maximum atomic E-state index is 12.9. The highest BCUT2D eigenvalue weighted by atomic mass is 32.1. The van der Waals surface area contributed by atoms with E-state index < -0.39 is 0 Å². The molecule has 0 radical (unpaired) electrons. The molecule has 0 unspecified atom stereocenters. The number of amides is 1. The van der Waals surface area contributed by atoms with Crippen molar-refractivity contribution in [1.82, 2.24) is 4.98 Å². The van der Waals surface area contributed by atoms with Crippen LogP contribution >= 0.6 is 11.3 Å². The summed E-state index contributed by atoms with van der Waals surface area (Å²) in [6.45, 7) is 10.5. The number of furan rings is 1. The van der Waals surface area contributed by atoms with E-state index in [1.807, 2.05) is 39.8 Å². The highest BCUT2D eigenvalue weighted by molar-refractivity contribution is 7.22. The number of nitrogens with zero attached hydrogens (tertiary/aromatic N) is 1. The van der Waals surface area contributed by atoms with Gasteiger partial charge in [0.1, 0.15) is 11.3 Å². The second kappa shape index (κ2) is 9.63. The molecule has 5 rings (SSSR count). The Morgan fingerprint density at radius 1 is 1.08 bits per heavy atom. The second-order valence-electron chi connectivity index (χ2n) is 9.01. The van der Waals surface area contributed by atoms with Crippen molar-refractivity contribution in [2.45, 2.75) is 34.6 Å². The first-order chi connectivity index (χ1) is 17.3. The number of carbonyl (C=O) groups is 1. The van der Waals surface area contributed by atoms with Gasteiger partial charge in [0.25, 0.3) is 0 Å². The Labute approximate surface area is 214 Å². The van der Waals surface area contributed by atoms with Crippen LogP contribution in [0.15, 0.2) is 65.3 Å². The Morgan fingerprint density at radius 2 is 1.83 bits per heavy atom. The topological polar surface area (TPSA) is 64.4 Å². The number of anilines is 1. The van der Waals surface area contributed by atoms with Gasteiger partial charge in [0, 0.05) is 28.2 Å². The van der Waals surface area contributed by atoms with Crippen molar-refractivity contribution in [3.8, 4) is 16.9 Å². The van der Waals surface area contributed by atoms with Crippen LogP contribution in [-0.2, 0) is 4.79 Å². The van der Waals surface area contributed by atoms with Crippen LogP contribution in [0.1, 0.15) is 36.1 Å². The molecule has 5 nitrogen and oxygen atoms in total. The van der Waals surface area contributed by atoms with Gasteiger partial charge in [0.05, 0.1) is 23.1 Å². The smallest absolute Gasteiger partial charge is 0.250 e. The molecule has 36 heavy (non-hydrogen) atoms. The van der Waals surface area contributed by atoms with Crippen LogP contribution in [0, 0.1) is 20.8 Å². The van der Waals surface area contributed by atoms with E-state index in [0.29, 0.717) is 11.7 Å². The monoisotopic (exact) mass is 496 g/mol. The number of hydrogen-bond acceptors (Lipinski definition) is 5. The van der Waals surface area contributed by atoms with Crippen LogP contribution in [0.25, 0.3) is 37.9 Å². The fraction of sp³-hybridized carbons (Fsp3) is 0.200. The summed E-state index contributed by atoms with van der Waals surface area (Å²) in [5, 5.41) is 4.50. The van der Waals surface area contributed by atoms with Crippen molar-refractivity contribution in [3.05, 3.63) is 83.1 Å². The van der Waals surface area contributed by atoms with E-state index in [9.17, 15) is 4.79 Å².